The Morgan fingerprint density at radius 3 is 2.68 bits per heavy atom. The highest BCUT2D eigenvalue weighted by molar-refractivity contribution is 5.79. The summed E-state index contributed by atoms with van der Waals surface area (Å²) >= 11 is 0. The molecule has 1 saturated heterocycles. The minimum absolute atomic E-state index is 0.186. The van der Waals surface area contributed by atoms with Gasteiger partial charge in [-0.25, -0.2) is 0 Å². The highest BCUT2D eigenvalue weighted by atomic mass is 19.4. The van der Waals surface area contributed by atoms with Gasteiger partial charge in [-0.3, -0.25) is 9.89 Å². The molecule has 0 spiro atoms. The van der Waals surface area contributed by atoms with Gasteiger partial charge in [0.15, 0.2) is 0 Å². The topological polar surface area (TPSA) is 50.9 Å². The molecule has 1 unspecified atom stereocenters. The first kappa shape index (κ1) is 16.6. The molecule has 0 aromatic heterocycles. The monoisotopic (exact) mass is 315 g/mol. The zero-order valence-corrected chi connectivity index (χ0v) is 12.2. The van der Waals surface area contributed by atoms with Crippen molar-refractivity contribution in [3.8, 4) is 0 Å². The first-order chi connectivity index (χ1) is 10.5. The van der Waals surface area contributed by atoms with Crippen molar-refractivity contribution < 1.29 is 17.9 Å². The van der Waals surface area contributed by atoms with Crippen LogP contribution in [0.3, 0.4) is 0 Å². The summed E-state index contributed by atoms with van der Waals surface area (Å²) in [5.74, 6) is -0.189. The summed E-state index contributed by atoms with van der Waals surface area (Å²) in [6, 6.07) is -0.186. The van der Waals surface area contributed by atoms with Crippen molar-refractivity contribution in [3.05, 3.63) is 35.8 Å². The van der Waals surface area contributed by atoms with E-state index in [-0.39, 0.29) is 11.8 Å². The molecule has 0 radical (unpaired) electrons. The maximum Gasteiger partial charge on any atom is 0.573 e. The van der Waals surface area contributed by atoms with Gasteiger partial charge in [-0.05, 0) is 56.3 Å². The van der Waals surface area contributed by atoms with Gasteiger partial charge in [-0.15, -0.1) is 13.2 Å². The van der Waals surface area contributed by atoms with Crippen LogP contribution in [-0.4, -0.2) is 43.2 Å². The van der Waals surface area contributed by atoms with Crippen molar-refractivity contribution in [2.75, 3.05) is 19.6 Å². The Labute approximate surface area is 127 Å². The van der Waals surface area contributed by atoms with E-state index in [0.29, 0.717) is 6.42 Å². The molecule has 1 atom stereocenters. The van der Waals surface area contributed by atoms with Crippen LogP contribution in [0.4, 0.5) is 13.2 Å². The predicted molar refractivity (Wildman–Crippen MR) is 79.2 cm³/mol. The molecule has 2 aliphatic rings. The molecule has 1 aliphatic heterocycles. The van der Waals surface area contributed by atoms with Crippen molar-refractivity contribution in [1.29, 1.82) is 0 Å². The van der Waals surface area contributed by atoms with Crippen LogP contribution < -0.4 is 5.73 Å². The highest BCUT2D eigenvalue weighted by Crippen LogP contribution is 2.24. The fourth-order valence-electron chi connectivity index (χ4n) is 2.44. The summed E-state index contributed by atoms with van der Waals surface area (Å²) in [6.07, 6.45) is 5.64. The van der Waals surface area contributed by atoms with Crippen LogP contribution in [-0.2, 0) is 4.74 Å². The number of halogens is 3. The lowest BCUT2D eigenvalue weighted by molar-refractivity contribution is -0.303. The molecular weight excluding hydrogens is 295 g/mol. The van der Waals surface area contributed by atoms with Crippen LogP contribution >= 0.6 is 0 Å². The first-order valence-corrected chi connectivity index (χ1v) is 7.27. The minimum Gasteiger partial charge on any atom is -0.406 e. The van der Waals surface area contributed by atoms with Gasteiger partial charge in [0.25, 0.3) is 0 Å². The van der Waals surface area contributed by atoms with Crippen LogP contribution in [0.5, 0.6) is 0 Å². The molecule has 0 bridgehead atoms. The number of ether oxygens (including phenoxy) is 1. The lowest BCUT2D eigenvalue weighted by atomic mass is 10.1. The van der Waals surface area contributed by atoms with Gasteiger partial charge in [0, 0.05) is 12.8 Å². The summed E-state index contributed by atoms with van der Waals surface area (Å²) in [6.45, 7) is 2.89. The SMILES string of the molecule is N/C=C(\C=NC1C=CC(OC(F)(F)F)=CC1)CN1CCCC1. The molecular formula is C15H20F3N3O. The molecule has 0 amide bonds. The van der Waals surface area contributed by atoms with Crippen molar-refractivity contribution in [3.63, 3.8) is 0 Å². The molecule has 0 saturated carbocycles. The van der Waals surface area contributed by atoms with Gasteiger partial charge in [-0.2, -0.15) is 0 Å². The van der Waals surface area contributed by atoms with Crippen molar-refractivity contribution in [1.82, 2.24) is 4.90 Å². The van der Waals surface area contributed by atoms with E-state index in [0.717, 1.165) is 25.2 Å². The predicted octanol–water partition coefficient (Wildman–Crippen LogP) is 2.74. The fourth-order valence-corrected chi connectivity index (χ4v) is 2.44. The second kappa shape index (κ2) is 7.49. The second-order valence-corrected chi connectivity index (χ2v) is 5.32. The van der Waals surface area contributed by atoms with E-state index in [2.05, 4.69) is 14.6 Å². The molecule has 7 heteroatoms. The molecule has 22 heavy (non-hydrogen) atoms. The van der Waals surface area contributed by atoms with Crippen LogP contribution in [0.15, 0.2) is 40.8 Å². The number of nitrogens with zero attached hydrogens (tertiary/aromatic N) is 2. The van der Waals surface area contributed by atoms with Crippen LogP contribution in [0.1, 0.15) is 19.3 Å². The Kier molecular flexibility index (Phi) is 5.65. The molecule has 0 aromatic carbocycles. The number of hydrogen-bond acceptors (Lipinski definition) is 4. The van der Waals surface area contributed by atoms with Crippen molar-refractivity contribution in [2.45, 2.75) is 31.7 Å². The Hall–Kier alpha value is -1.76. The van der Waals surface area contributed by atoms with Crippen LogP contribution in [0, 0.1) is 0 Å². The maximum atomic E-state index is 12.1. The third kappa shape index (κ3) is 5.55. The number of rotatable bonds is 5. The number of allylic oxidation sites excluding steroid dienone is 1. The molecule has 2 rings (SSSR count). The largest absolute Gasteiger partial charge is 0.573 e. The van der Waals surface area contributed by atoms with Gasteiger partial charge in [0.2, 0.25) is 0 Å². The van der Waals surface area contributed by atoms with E-state index in [1.807, 2.05) is 0 Å². The molecule has 1 heterocycles. The Morgan fingerprint density at radius 2 is 2.14 bits per heavy atom. The number of aliphatic imine (C=N–C) groups is 1. The van der Waals surface area contributed by atoms with Crippen molar-refractivity contribution in [2.24, 2.45) is 10.7 Å². The van der Waals surface area contributed by atoms with Gasteiger partial charge in [0.05, 0.1) is 6.04 Å². The standard InChI is InChI=1S/C15H20F3N3O/c16-15(17,18)22-14-5-3-13(4-6-14)20-10-12(9-19)11-21-7-1-2-8-21/h3,5-6,9-10,13H,1-2,4,7-8,11,19H2/b12-9+,20-10?. The van der Waals surface area contributed by atoms with E-state index in [1.165, 1.54) is 31.2 Å². The summed E-state index contributed by atoms with van der Waals surface area (Å²) in [5.41, 5.74) is 6.52. The summed E-state index contributed by atoms with van der Waals surface area (Å²) < 4.78 is 40.1. The number of alkyl halides is 3. The van der Waals surface area contributed by atoms with E-state index in [9.17, 15) is 13.2 Å². The molecule has 0 aromatic rings. The average Bonchev–Trinajstić information content (AvgIpc) is 2.96. The molecule has 2 N–H and O–H groups in total. The van der Waals surface area contributed by atoms with E-state index in [4.69, 9.17) is 5.73 Å². The lowest BCUT2D eigenvalue weighted by Gasteiger charge is -2.16. The second-order valence-electron chi connectivity index (χ2n) is 5.32. The van der Waals surface area contributed by atoms with E-state index < -0.39 is 6.36 Å². The molecule has 4 nitrogen and oxygen atoms in total. The zero-order valence-electron chi connectivity index (χ0n) is 12.2. The Bertz CT molecular complexity index is 489. The third-order valence-corrected chi connectivity index (χ3v) is 3.53. The smallest absolute Gasteiger partial charge is 0.406 e. The van der Waals surface area contributed by atoms with Gasteiger partial charge < -0.3 is 10.5 Å². The number of nitrogens with two attached hydrogens (primary N) is 1. The van der Waals surface area contributed by atoms with E-state index >= 15 is 0 Å². The van der Waals surface area contributed by atoms with Crippen molar-refractivity contribution >= 4 is 6.21 Å². The fraction of sp³-hybridized carbons (Fsp3) is 0.533. The van der Waals surface area contributed by atoms with Gasteiger partial charge in [0.1, 0.15) is 5.76 Å². The normalized spacial score (nSPS) is 24.0. The molecule has 1 fully saturated rings. The maximum absolute atomic E-state index is 12.1. The van der Waals surface area contributed by atoms with Crippen LogP contribution in [0.25, 0.3) is 0 Å². The third-order valence-electron chi connectivity index (χ3n) is 3.53. The number of hydrogen-bond donors (Lipinski definition) is 1. The summed E-state index contributed by atoms with van der Waals surface area (Å²) in [5, 5.41) is 0. The number of likely N-dealkylation sites (tertiary alicyclic amines) is 1. The Morgan fingerprint density at radius 1 is 1.41 bits per heavy atom. The average molecular weight is 315 g/mol. The molecule has 122 valence electrons. The lowest BCUT2D eigenvalue weighted by Crippen LogP contribution is -2.23. The van der Waals surface area contributed by atoms with Gasteiger partial charge >= 0.3 is 6.36 Å². The summed E-state index contributed by atoms with van der Waals surface area (Å²) in [4.78, 5) is 6.66. The zero-order chi connectivity index (χ0) is 16.0. The first-order valence-electron chi connectivity index (χ1n) is 7.27. The highest BCUT2D eigenvalue weighted by Gasteiger charge is 2.31. The van der Waals surface area contributed by atoms with Crippen LogP contribution in [0.2, 0.25) is 0 Å². The Balaban J connectivity index is 1.82. The molecule has 1 aliphatic carbocycles. The quantitative estimate of drug-likeness (QED) is 0.794. The summed E-state index contributed by atoms with van der Waals surface area (Å²) in [7, 11) is 0. The minimum atomic E-state index is -4.66. The van der Waals surface area contributed by atoms with E-state index in [1.54, 1.807) is 12.3 Å². The van der Waals surface area contributed by atoms with Gasteiger partial charge in [-0.1, -0.05) is 6.08 Å².